The summed E-state index contributed by atoms with van der Waals surface area (Å²) >= 11 is 0. The van der Waals surface area contributed by atoms with Gasteiger partial charge in [0.1, 0.15) is 11.6 Å². The van der Waals surface area contributed by atoms with E-state index in [1.807, 2.05) is 31.2 Å². The van der Waals surface area contributed by atoms with Crippen molar-refractivity contribution in [2.75, 3.05) is 11.9 Å². The Labute approximate surface area is 130 Å². The molecule has 0 atom stereocenters. The minimum absolute atomic E-state index is 0.0184. The average Bonchev–Trinajstić information content (AvgIpc) is 2.47. The number of hydrogen-bond acceptors (Lipinski definition) is 4. The molecule has 0 radical (unpaired) electrons. The molecule has 5 nitrogen and oxygen atoms in total. The third-order valence-corrected chi connectivity index (χ3v) is 3.29. The number of aromatic carboxylic acids is 1. The van der Waals surface area contributed by atoms with Crippen molar-refractivity contribution in [3.63, 3.8) is 0 Å². The highest BCUT2D eigenvalue weighted by Gasteiger charge is 2.12. The van der Waals surface area contributed by atoms with Crippen LogP contribution in [0.1, 0.15) is 41.3 Å². The van der Waals surface area contributed by atoms with Gasteiger partial charge in [-0.25, -0.2) is 14.8 Å². The van der Waals surface area contributed by atoms with E-state index in [1.54, 1.807) is 0 Å². The zero-order valence-electron chi connectivity index (χ0n) is 13.1. The van der Waals surface area contributed by atoms with Crippen LogP contribution in [0.2, 0.25) is 0 Å². The van der Waals surface area contributed by atoms with Crippen LogP contribution >= 0.6 is 0 Å². The van der Waals surface area contributed by atoms with Crippen LogP contribution in [0, 0.1) is 12.8 Å². The molecule has 5 heteroatoms. The van der Waals surface area contributed by atoms with Gasteiger partial charge in [-0.3, -0.25) is 0 Å². The first-order chi connectivity index (χ1) is 10.5. The number of carboxylic acid groups (broad SMARTS) is 1. The third-order valence-electron chi connectivity index (χ3n) is 3.29. The van der Waals surface area contributed by atoms with Crippen molar-refractivity contribution in [2.45, 2.75) is 27.2 Å². The normalized spacial score (nSPS) is 10.7. The lowest BCUT2D eigenvalue weighted by Gasteiger charge is -2.11. The zero-order valence-corrected chi connectivity index (χ0v) is 13.1. The summed E-state index contributed by atoms with van der Waals surface area (Å²) in [6, 6.07) is 9.44. The summed E-state index contributed by atoms with van der Waals surface area (Å²) in [6.07, 6.45) is 0.518. The highest BCUT2D eigenvalue weighted by atomic mass is 16.4. The number of rotatable bonds is 6. The van der Waals surface area contributed by atoms with Gasteiger partial charge >= 0.3 is 5.97 Å². The molecule has 1 aromatic carbocycles. The lowest BCUT2D eigenvalue weighted by molar-refractivity contribution is 0.0690. The molecule has 0 saturated heterocycles. The molecule has 0 saturated carbocycles. The molecule has 2 aromatic rings. The maximum absolute atomic E-state index is 11.2. The van der Waals surface area contributed by atoms with Crippen molar-refractivity contribution in [3.05, 3.63) is 53.0 Å². The number of anilines is 1. The van der Waals surface area contributed by atoms with Crippen LogP contribution in [0.25, 0.3) is 0 Å². The highest BCUT2D eigenvalue weighted by Crippen LogP contribution is 2.14. The van der Waals surface area contributed by atoms with E-state index in [4.69, 9.17) is 0 Å². The van der Waals surface area contributed by atoms with E-state index in [2.05, 4.69) is 29.1 Å². The summed E-state index contributed by atoms with van der Waals surface area (Å²) < 4.78 is 0. The monoisotopic (exact) mass is 299 g/mol. The molecule has 0 aliphatic heterocycles. The summed E-state index contributed by atoms with van der Waals surface area (Å²) in [7, 11) is 0. The van der Waals surface area contributed by atoms with Crippen molar-refractivity contribution < 1.29 is 9.90 Å². The van der Waals surface area contributed by atoms with E-state index in [0.29, 0.717) is 24.0 Å². The molecular formula is C17H21N3O2. The first-order valence-corrected chi connectivity index (χ1v) is 7.35. The van der Waals surface area contributed by atoms with E-state index in [-0.39, 0.29) is 5.69 Å². The molecule has 1 aromatic heterocycles. The number of nitrogens with one attached hydrogen (secondary N) is 1. The Hall–Kier alpha value is -2.43. The van der Waals surface area contributed by atoms with Crippen LogP contribution < -0.4 is 5.32 Å². The Balaban J connectivity index is 2.29. The summed E-state index contributed by atoms with van der Waals surface area (Å²) in [5, 5.41) is 12.4. The Morgan fingerprint density at radius 1 is 1.27 bits per heavy atom. The molecule has 1 heterocycles. The lowest BCUT2D eigenvalue weighted by Crippen LogP contribution is -2.13. The van der Waals surface area contributed by atoms with Gasteiger partial charge in [0.2, 0.25) is 0 Å². The molecule has 116 valence electrons. The second kappa shape index (κ2) is 7.02. The number of carboxylic acids is 1. The Morgan fingerprint density at radius 3 is 2.64 bits per heavy atom. The van der Waals surface area contributed by atoms with Gasteiger partial charge in [0.25, 0.3) is 0 Å². The van der Waals surface area contributed by atoms with Gasteiger partial charge in [0.05, 0.1) is 0 Å². The first kappa shape index (κ1) is 15.9. The summed E-state index contributed by atoms with van der Waals surface area (Å²) in [5.41, 5.74) is 2.26. The van der Waals surface area contributed by atoms with E-state index in [1.165, 1.54) is 6.07 Å². The third kappa shape index (κ3) is 4.28. The molecule has 0 aliphatic rings. The molecule has 0 amide bonds. The van der Waals surface area contributed by atoms with Crippen LogP contribution in [-0.2, 0) is 6.42 Å². The molecule has 2 N–H and O–H groups in total. The number of benzene rings is 1. The van der Waals surface area contributed by atoms with Crippen molar-refractivity contribution in [1.82, 2.24) is 9.97 Å². The van der Waals surface area contributed by atoms with Gasteiger partial charge < -0.3 is 10.4 Å². The summed E-state index contributed by atoms with van der Waals surface area (Å²) in [5.74, 6) is 0.481. The van der Waals surface area contributed by atoms with Gasteiger partial charge in [-0.1, -0.05) is 38.1 Å². The van der Waals surface area contributed by atoms with Crippen LogP contribution in [0.5, 0.6) is 0 Å². The quantitative estimate of drug-likeness (QED) is 0.857. The van der Waals surface area contributed by atoms with Crippen LogP contribution in [0.4, 0.5) is 5.82 Å². The lowest BCUT2D eigenvalue weighted by atomic mass is 10.1. The fourth-order valence-electron chi connectivity index (χ4n) is 2.06. The number of hydrogen-bond donors (Lipinski definition) is 2. The number of nitrogens with zero attached hydrogens (tertiary/aromatic N) is 2. The molecule has 0 aliphatic carbocycles. The van der Waals surface area contributed by atoms with Crippen LogP contribution in [0.15, 0.2) is 30.3 Å². The maximum Gasteiger partial charge on any atom is 0.354 e. The minimum atomic E-state index is -1.04. The van der Waals surface area contributed by atoms with Crippen molar-refractivity contribution >= 4 is 11.8 Å². The fourth-order valence-corrected chi connectivity index (χ4v) is 2.06. The Kier molecular flexibility index (Phi) is 5.09. The van der Waals surface area contributed by atoms with Crippen LogP contribution in [0.3, 0.4) is 0 Å². The summed E-state index contributed by atoms with van der Waals surface area (Å²) in [4.78, 5) is 19.8. The van der Waals surface area contributed by atoms with Gasteiger partial charge in [-0.2, -0.15) is 0 Å². The Morgan fingerprint density at radius 2 is 2.00 bits per heavy atom. The molecule has 0 bridgehead atoms. The average molecular weight is 299 g/mol. The SMILES string of the molecule is Cc1ccccc1Cc1nc(NCC(C)C)cc(C(=O)O)n1. The molecule has 0 unspecified atom stereocenters. The zero-order chi connectivity index (χ0) is 16.1. The topological polar surface area (TPSA) is 75.1 Å². The van der Waals surface area contributed by atoms with Crippen molar-refractivity contribution in [1.29, 1.82) is 0 Å². The van der Waals surface area contributed by atoms with E-state index in [9.17, 15) is 9.90 Å². The molecule has 0 spiro atoms. The van der Waals surface area contributed by atoms with Gasteiger partial charge in [0, 0.05) is 19.0 Å². The molecule has 0 fully saturated rings. The smallest absolute Gasteiger partial charge is 0.354 e. The Bertz CT molecular complexity index is 669. The number of aryl methyl sites for hydroxylation is 1. The number of aromatic nitrogens is 2. The van der Waals surface area contributed by atoms with E-state index >= 15 is 0 Å². The predicted octanol–water partition coefficient (Wildman–Crippen LogP) is 3.14. The second-order valence-corrected chi connectivity index (χ2v) is 5.74. The molecule has 22 heavy (non-hydrogen) atoms. The van der Waals surface area contributed by atoms with Gasteiger partial charge in [-0.15, -0.1) is 0 Å². The summed E-state index contributed by atoms with van der Waals surface area (Å²) in [6.45, 7) is 6.93. The van der Waals surface area contributed by atoms with Crippen LogP contribution in [-0.4, -0.2) is 27.6 Å². The number of carbonyl (C=O) groups is 1. The van der Waals surface area contributed by atoms with Gasteiger partial charge in [-0.05, 0) is 24.0 Å². The second-order valence-electron chi connectivity index (χ2n) is 5.74. The standard InChI is InChI=1S/C17H21N3O2/c1-11(2)10-18-15-9-14(17(21)22)19-16(20-15)8-13-7-5-4-6-12(13)3/h4-7,9,11H,8,10H2,1-3H3,(H,21,22)(H,18,19,20). The van der Waals surface area contributed by atoms with E-state index < -0.39 is 5.97 Å². The van der Waals surface area contributed by atoms with Crippen molar-refractivity contribution in [2.24, 2.45) is 5.92 Å². The molecule has 2 rings (SSSR count). The first-order valence-electron chi connectivity index (χ1n) is 7.35. The van der Waals surface area contributed by atoms with Crippen molar-refractivity contribution in [3.8, 4) is 0 Å². The fraction of sp³-hybridized carbons (Fsp3) is 0.353. The highest BCUT2D eigenvalue weighted by molar-refractivity contribution is 5.86. The predicted molar refractivity (Wildman–Crippen MR) is 86.3 cm³/mol. The van der Waals surface area contributed by atoms with E-state index in [0.717, 1.165) is 17.7 Å². The largest absolute Gasteiger partial charge is 0.477 e. The molecular weight excluding hydrogens is 278 g/mol. The minimum Gasteiger partial charge on any atom is -0.477 e. The maximum atomic E-state index is 11.2. The van der Waals surface area contributed by atoms with Gasteiger partial charge in [0.15, 0.2) is 5.69 Å².